The minimum atomic E-state index is -0.215. The van der Waals surface area contributed by atoms with Crippen LogP contribution >= 0.6 is 23.2 Å². The molecule has 0 fully saturated rings. The summed E-state index contributed by atoms with van der Waals surface area (Å²) in [6.45, 7) is 0. The van der Waals surface area contributed by atoms with Crippen molar-refractivity contribution in [3.05, 3.63) is 99.7 Å². The number of nitrogens with zero attached hydrogens (tertiary/aromatic N) is 2. The molecule has 0 N–H and O–H groups in total. The average Bonchev–Trinajstić information content (AvgIpc) is 3.06. The summed E-state index contributed by atoms with van der Waals surface area (Å²) >= 11 is 12.0. The molecule has 0 atom stereocenters. The van der Waals surface area contributed by atoms with E-state index in [1.807, 2.05) is 36.4 Å². The van der Waals surface area contributed by atoms with E-state index in [0.717, 1.165) is 16.9 Å². The molecule has 4 nitrogen and oxygen atoms in total. The van der Waals surface area contributed by atoms with Crippen LogP contribution in [-0.4, -0.2) is 18.9 Å². The van der Waals surface area contributed by atoms with E-state index in [2.05, 4.69) is 4.99 Å². The third-order valence-corrected chi connectivity index (χ3v) is 4.97. The number of amides is 1. The molecule has 3 aromatic rings. The minimum Gasteiger partial charge on any atom is -0.497 e. The lowest BCUT2D eigenvalue weighted by Gasteiger charge is -2.18. The molecule has 0 bridgehead atoms. The van der Waals surface area contributed by atoms with E-state index in [-0.39, 0.29) is 5.91 Å². The fourth-order valence-corrected chi connectivity index (χ4v) is 3.25. The number of anilines is 1. The third kappa shape index (κ3) is 4.04. The fourth-order valence-electron chi connectivity index (χ4n) is 3.00. The third-order valence-electron chi connectivity index (χ3n) is 4.47. The van der Waals surface area contributed by atoms with Crippen molar-refractivity contribution in [2.75, 3.05) is 12.0 Å². The van der Waals surface area contributed by atoms with Crippen molar-refractivity contribution < 1.29 is 9.53 Å². The predicted octanol–water partition coefficient (Wildman–Crippen LogP) is 5.84. The first-order valence-corrected chi connectivity index (χ1v) is 9.61. The highest BCUT2D eigenvalue weighted by Crippen LogP contribution is 2.29. The highest BCUT2D eigenvalue weighted by molar-refractivity contribution is 6.34. The molecule has 6 heteroatoms. The van der Waals surface area contributed by atoms with Gasteiger partial charge < -0.3 is 4.74 Å². The molecule has 0 spiro atoms. The number of benzene rings is 3. The van der Waals surface area contributed by atoms with Crippen LogP contribution in [0.1, 0.15) is 11.1 Å². The molecule has 0 saturated heterocycles. The average molecular weight is 423 g/mol. The molecule has 1 aliphatic heterocycles. The van der Waals surface area contributed by atoms with E-state index in [4.69, 9.17) is 27.9 Å². The number of methoxy groups -OCH3 is 1. The van der Waals surface area contributed by atoms with Crippen molar-refractivity contribution in [1.29, 1.82) is 0 Å². The maximum absolute atomic E-state index is 13.2. The van der Waals surface area contributed by atoms with Gasteiger partial charge >= 0.3 is 0 Å². The van der Waals surface area contributed by atoms with Crippen LogP contribution in [0.5, 0.6) is 5.75 Å². The van der Waals surface area contributed by atoms with Gasteiger partial charge in [-0.2, -0.15) is 0 Å². The van der Waals surface area contributed by atoms with E-state index in [1.54, 1.807) is 54.5 Å². The lowest BCUT2D eigenvalue weighted by atomic mass is 10.1. The summed E-state index contributed by atoms with van der Waals surface area (Å²) in [6, 6.07) is 21.7. The first-order chi connectivity index (χ1) is 14.0. The largest absolute Gasteiger partial charge is 0.497 e. The normalized spacial score (nSPS) is 15.0. The Morgan fingerprint density at radius 1 is 0.862 bits per heavy atom. The zero-order valence-corrected chi connectivity index (χ0v) is 17.0. The van der Waals surface area contributed by atoms with Gasteiger partial charge in [-0.25, -0.2) is 4.99 Å². The fraction of sp³-hybridized carbons (Fsp3) is 0.0435. The Kier molecular flexibility index (Phi) is 5.38. The zero-order chi connectivity index (χ0) is 20.4. The number of ether oxygens (including phenoxy) is 1. The van der Waals surface area contributed by atoms with Gasteiger partial charge in [0.05, 0.1) is 12.8 Å². The van der Waals surface area contributed by atoms with Gasteiger partial charge in [-0.1, -0.05) is 35.3 Å². The number of carbonyl (C=O) groups excluding carboxylic acids is 1. The van der Waals surface area contributed by atoms with Crippen LogP contribution in [-0.2, 0) is 4.79 Å². The number of hydrogen-bond acceptors (Lipinski definition) is 3. The van der Waals surface area contributed by atoms with Gasteiger partial charge in [0.1, 0.15) is 17.3 Å². The van der Waals surface area contributed by atoms with Gasteiger partial charge in [0.2, 0.25) is 0 Å². The molecular formula is C23H16Cl2N2O2. The number of rotatable bonds is 4. The van der Waals surface area contributed by atoms with E-state index in [9.17, 15) is 4.79 Å². The summed E-state index contributed by atoms with van der Waals surface area (Å²) in [5.41, 5.74) is 2.67. The molecule has 1 amide bonds. The summed E-state index contributed by atoms with van der Waals surface area (Å²) in [4.78, 5) is 19.5. The van der Waals surface area contributed by atoms with Crippen molar-refractivity contribution in [3.8, 4) is 5.75 Å². The number of aliphatic imine (C=N–C) groups is 1. The van der Waals surface area contributed by atoms with E-state index in [0.29, 0.717) is 27.3 Å². The molecule has 4 rings (SSSR count). The van der Waals surface area contributed by atoms with Gasteiger partial charge in [0, 0.05) is 15.6 Å². The lowest BCUT2D eigenvalue weighted by Crippen LogP contribution is -2.32. The Labute approximate surface area is 178 Å². The Morgan fingerprint density at radius 2 is 1.45 bits per heavy atom. The van der Waals surface area contributed by atoms with Gasteiger partial charge in [-0.15, -0.1) is 0 Å². The molecule has 0 radical (unpaired) electrons. The van der Waals surface area contributed by atoms with Crippen LogP contribution < -0.4 is 9.64 Å². The second-order valence-corrected chi connectivity index (χ2v) is 7.23. The summed E-state index contributed by atoms with van der Waals surface area (Å²) in [5.74, 6) is 1.06. The second-order valence-electron chi connectivity index (χ2n) is 6.36. The Bertz CT molecular complexity index is 1100. The molecule has 0 aromatic heterocycles. The summed E-state index contributed by atoms with van der Waals surface area (Å²) in [6.07, 6.45) is 1.75. The van der Waals surface area contributed by atoms with Crippen LogP contribution in [0.3, 0.4) is 0 Å². The van der Waals surface area contributed by atoms with Crippen molar-refractivity contribution in [3.63, 3.8) is 0 Å². The first-order valence-electron chi connectivity index (χ1n) is 8.85. The standard InChI is InChI=1S/C23H16Cl2N2O2/c1-29-20-12-4-16(5-13-20)22-26-21(14-15-2-6-17(24)7-3-15)23(28)27(22)19-10-8-18(25)9-11-19/h2-14H,1H3/b21-14+. The highest BCUT2D eigenvalue weighted by Gasteiger charge is 2.32. The number of amidine groups is 1. The van der Waals surface area contributed by atoms with Crippen molar-refractivity contribution in [1.82, 2.24) is 0 Å². The topological polar surface area (TPSA) is 41.9 Å². The second kappa shape index (κ2) is 8.11. The van der Waals surface area contributed by atoms with Crippen molar-refractivity contribution in [2.24, 2.45) is 4.99 Å². The molecule has 29 heavy (non-hydrogen) atoms. The summed E-state index contributed by atoms with van der Waals surface area (Å²) in [5, 5.41) is 1.23. The van der Waals surface area contributed by atoms with Gasteiger partial charge in [-0.05, 0) is 72.3 Å². The summed E-state index contributed by atoms with van der Waals surface area (Å²) in [7, 11) is 1.61. The molecule has 144 valence electrons. The maximum Gasteiger partial charge on any atom is 0.282 e. The van der Waals surface area contributed by atoms with Crippen LogP contribution in [0.25, 0.3) is 6.08 Å². The molecule has 0 unspecified atom stereocenters. The predicted molar refractivity (Wildman–Crippen MR) is 118 cm³/mol. The first kappa shape index (κ1) is 19.2. The van der Waals surface area contributed by atoms with E-state index in [1.165, 1.54) is 0 Å². The van der Waals surface area contributed by atoms with E-state index >= 15 is 0 Å². The maximum atomic E-state index is 13.2. The van der Waals surface area contributed by atoms with Crippen LogP contribution in [0.15, 0.2) is 83.5 Å². The highest BCUT2D eigenvalue weighted by atomic mass is 35.5. The number of halogens is 2. The van der Waals surface area contributed by atoms with Crippen LogP contribution in [0.2, 0.25) is 10.0 Å². The minimum absolute atomic E-state index is 0.215. The van der Waals surface area contributed by atoms with Crippen LogP contribution in [0, 0.1) is 0 Å². The molecular weight excluding hydrogens is 407 g/mol. The lowest BCUT2D eigenvalue weighted by molar-refractivity contribution is -0.113. The quantitative estimate of drug-likeness (QED) is 0.495. The van der Waals surface area contributed by atoms with E-state index < -0.39 is 0 Å². The number of hydrogen-bond donors (Lipinski definition) is 0. The molecule has 1 aliphatic rings. The van der Waals surface area contributed by atoms with Gasteiger partial charge in [-0.3, -0.25) is 9.69 Å². The SMILES string of the molecule is COc1ccc(C2=N/C(=C/c3ccc(Cl)cc3)C(=O)N2c2ccc(Cl)cc2)cc1. The Hall–Kier alpha value is -3.08. The molecule has 3 aromatic carbocycles. The van der Waals surface area contributed by atoms with Crippen LogP contribution in [0.4, 0.5) is 5.69 Å². The van der Waals surface area contributed by atoms with Gasteiger partial charge in [0.25, 0.3) is 5.91 Å². The molecule has 0 saturated carbocycles. The Balaban J connectivity index is 1.79. The smallest absolute Gasteiger partial charge is 0.282 e. The monoisotopic (exact) mass is 422 g/mol. The van der Waals surface area contributed by atoms with Gasteiger partial charge in [0.15, 0.2) is 0 Å². The van der Waals surface area contributed by atoms with Crippen molar-refractivity contribution in [2.45, 2.75) is 0 Å². The number of carbonyl (C=O) groups is 1. The molecule has 0 aliphatic carbocycles. The molecule has 1 heterocycles. The summed E-state index contributed by atoms with van der Waals surface area (Å²) < 4.78 is 5.23. The Morgan fingerprint density at radius 3 is 2.03 bits per heavy atom. The zero-order valence-electron chi connectivity index (χ0n) is 15.5. The van der Waals surface area contributed by atoms with Crippen molar-refractivity contribution >= 4 is 46.7 Å².